The number of ether oxygens (including phenoxy) is 2. The molecule has 11 heteroatoms. The van der Waals surface area contributed by atoms with Gasteiger partial charge in [-0.1, -0.05) is 30.3 Å². The fourth-order valence-corrected chi connectivity index (χ4v) is 3.15. The Kier molecular flexibility index (Phi) is 9.22. The van der Waals surface area contributed by atoms with Gasteiger partial charge in [0.2, 0.25) is 0 Å². The predicted molar refractivity (Wildman–Crippen MR) is 95.1 cm³/mol. The number of aliphatic carboxylic acids is 1. The van der Waals surface area contributed by atoms with Crippen molar-refractivity contribution in [2.75, 3.05) is 19.9 Å². The summed E-state index contributed by atoms with van der Waals surface area (Å²) in [4.78, 5) is 44.0. The molecule has 1 rings (SSSR count). The number of nitrogens with one attached hydrogen (secondary N) is 1. The molecule has 0 heterocycles. The molecule has 1 aromatic carbocycles. The van der Waals surface area contributed by atoms with Crippen molar-refractivity contribution in [2.24, 2.45) is 0 Å². The number of carbonyl (C=O) groups is 3. The van der Waals surface area contributed by atoms with Crippen molar-refractivity contribution >= 4 is 36.3 Å². The van der Waals surface area contributed by atoms with Crippen LogP contribution in [-0.2, 0) is 42.0 Å². The number of carbonyl (C=O) groups excluding carboxylic acids is 2. The number of benzene rings is 1. The largest absolute Gasteiger partial charge is 0.481 e. The molecule has 1 unspecified atom stereocenters. The topological polar surface area (TPSA) is 131 Å². The highest BCUT2D eigenvalue weighted by Gasteiger charge is 2.26. The molecular weight excluding hydrogens is 385 g/mol. The molecular formula is C15H20NO8PS. The van der Waals surface area contributed by atoms with Crippen LogP contribution in [0.5, 0.6) is 0 Å². The summed E-state index contributed by atoms with van der Waals surface area (Å²) in [6, 6.07) is 7.65. The summed E-state index contributed by atoms with van der Waals surface area (Å²) in [6.07, 6.45) is -1.52. The zero-order valence-electron chi connectivity index (χ0n) is 14.0. The third kappa shape index (κ3) is 8.91. The highest BCUT2D eigenvalue weighted by Crippen LogP contribution is 2.42. The lowest BCUT2D eigenvalue weighted by Crippen LogP contribution is -2.44. The van der Waals surface area contributed by atoms with Crippen LogP contribution in [0.4, 0.5) is 4.79 Å². The normalized spacial score (nSPS) is 13.9. The van der Waals surface area contributed by atoms with Crippen LogP contribution >= 0.6 is 6.49 Å². The van der Waals surface area contributed by atoms with E-state index in [1.165, 1.54) is 0 Å². The first-order valence-corrected chi connectivity index (χ1v) is 10.3. The molecule has 9 nitrogen and oxygen atoms in total. The summed E-state index contributed by atoms with van der Waals surface area (Å²) in [5, 5.41) is 10.9. The Labute approximate surface area is 155 Å². The van der Waals surface area contributed by atoms with Crippen molar-refractivity contribution in [3.05, 3.63) is 35.9 Å². The molecule has 0 radical (unpaired) electrons. The lowest BCUT2D eigenvalue weighted by Gasteiger charge is -2.20. The maximum Gasteiger partial charge on any atom is 0.408 e. The van der Waals surface area contributed by atoms with Crippen LogP contribution in [0.25, 0.3) is 0 Å². The van der Waals surface area contributed by atoms with Crippen LogP contribution in [0.2, 0.25) is 0 Å². The second-order valence-corrected chi connectivity index (χ2v) is 8.77. The van der Waals surface area contributed by atoms with Gasteiger partial charge in [-0.3, -0.25) is 4.79 Å². The van der Waals surface area contributed by atoms with Crippen molar-refractivity contribution in [1.29, 1.82) is 0 Å². The fraction of sp³-hybridized carbons (Fsp3) is 0.400. The van der Waals surface area contributed by atoms with Crippen LogP contribution in [0.3, 0.4) is 0 Å². The standard InChI is InChI=1S/C15H20NO8PS/c1-22-14(19)12(10-24-25(21,26)8-7-13(17)18)16-15(20)23-9-11-5-3-2-4-6-11/h2-6,12H,7-10H2,1H3,(H,16,20)(H,17,18)(H,21,26)/t12-,25?/m0/s1. The molecule has 0 saturated carbocycles. The van der Waals surface area contributed by atoms with Crippen molar-refractivity contribution in [3.8, 4) is 0 Å². The maximum atomic E-state index is 11.8. The van der Waals surface area contributed by atoms with Gasteiger partial charge in [0.25, 0.3) is 0 Å². The van der Waals surface area contributed by atoms with E-state index in [0.717, 1.165) is 12.7 Å². The van der Waals surface area contributed by atoms with Gasteiger partial charge >= 0.3 is 18.0 Å². The molecule has 0 saturated heterocycles. The predicted octanol–water partition coefficient (Wildman–Crippen LogP) is 1.25. The number of hydrogen-bond acceptors (Lipinski definition) is 7. The van der Waals surface area contributed by atoms with Gasteiger partial charge in [-0.05, 0) is 17.4 Å². The van der Waals surface area contributed by atoms with Gasteiger partial charge in [0.05, 0.1) is 20.1 Å². The van der Waals surface area contributed by atoms with Gasteiger partial charge in [0.1, 0.15) is 6.61 Å². The van der Waals surface area contributed by atoms with Crippen molar-refractivity contribution in [3.63, 3.8) is 0 Å². The van der Waals surface area contributed by atoms with Gasteiger partial charge in [0.15, 0.2) is 12.5 Å². The van der Waals surface area contributed by atoms with Crippen LogP contribution in [0, 0.1) is 0 Å². The number of esters is 1. The van der Waals surface area contributed by atoms with Crippen LogP contribution in [0.1, 0.15) is 12.0 Å². The summed E-state index contributed by atoms with van der Waals surface area (Å²) >= 11 is 4.82. The number of rotatable bonds is 10. The van der Waals surface area contributed by atoms with Crippen LogP contribution in [-0.4, -0.2) is 54.0 Å². The molecule has 0 fully saturated rings. The van der Waals surface area contributed by atoms with E-state index in [4.69, 9.17) is 26.2 Å². The third-order valence-electron chi connectivity index (χ3n) is 3.04. The summed E-state index contributed by atoms with van der Waals surface area (Å²) in [6.45, 7) is -3.88. The quantitative estimate of drug-likeness (QED) is 0.389. The van der Waals surface area contributed by atoms with E-state index in [1.54, 1.807) is 24.3 Å². The van der Waals surface area contributed by atoms with Crippen molar-refractivity contribution < 1.29 is 38.4 Å². The molecule has 0 aliphatic heterocycles. The number of methoxy groups -OCH3 is 1. The summed E-state index contributed by atoms with van der Waals surface area (Å²) < 4.78 is 14.6. The monoisotopic (exact) mass is 405 g/mol. The SMILES string of the molecule is COC(=O)[C@H](COP(O)(=S)CCC(=O)O)NC(=O)OCc1ccccc1. The highest BCUT2D eigenvalue weighted by atomic mass is 32.5. The molecule has 0 aliphatic rings. The number of carboxylic acids is 1. The van der Waals surface area contributed by atoms with E-state index in [2.05, 4.69) is 10.1 Å². The lowest BCUT2D eigenvalue weighted by molar-refractivity contribution is -0.143. The van der Waals surface area contributed by atoms with Gasteiger partial charge in [-0.2, -0.15) is 0 Å². The van der Waals surface area contributed by atoms with Gasteiger partial charge in [-0.15, -0.1) is 0 Å². The average Bonchev–Trinajstić information content (AvgIpc) is 2.62. The Bertz CT molecular complexity index is 669. The minimum Gasteiger partial charge on any atom is -0.481 e. The molecule has 3 N–H and O–H groups in total. The molecule has 144 valence electrons. The van der Waals surface area contributed by atoms with Gasteiger partial charge < -0.3 is 29.3 Å². The molecule has 1 amide bonds. The summed E-state index contributed by atoms with van der Waals surface area (Å²) in [7, 11) is 1.12. The molecule has 2 atom stereocenters. The first kappa shape index (κ1) is 22.0. The second kappa shape index (κ2) is 10.9. The van der Waals surface area contributed by atoms with Gasteiger partial charge in [0, 0.05) is 6.16 Å². The number of alkyl carbamates (subject to hydrolysis) is 1. The molecule has 0 bridgehead atoms. The van der Waals surface area contributed by atoms with Gasteiger partial charge in [-0.25, -0.2) is 9.59 Å². The lowest BCUT2D eigenvalue weighted by atomic mass is 10.2. The molecule has 0 aromatic heterocycles. The zero-order chi connectivity index (χ0) is 19.6. The minimum atomic E-state index is -3.40. The third-order valence-corrected chi connectivity index (χ3v) is 5.25. The molecule has 0 aliphatic carbocycles. The first-order valence-electron chi connectivity index (χ1n) is 7.46. The average molecular weight is 405 g/mol. The van der Waals surface area contributed by atoms with E-state index in [-0.39, 0.29) is 19.2 Å². The Morgan fingerprint density at radius 2 is 1.92 bits per heavy atom. The number of amides is 1. The van der Waals surface area contributed by atoms with Crippen molar-refractivity contribution in [1.82, 2.24) is 5.32 Å². The van der Waals surface area contributed by atoms with E-state index < -0.39 is 37.2 Å². The number of carboxylic acid groups (broad SMARTS) is 1. The second-order valence-electron chi connectivity index (χ2n) is 5.08. The minimum absolute atomic E-state index is 0.00197. The van der Waals surface area contributed by atoms with E-state index in [1.807, 2.05) is 6.07 Å². The van der Waals surface area contributed by atoms with Crippen molar-refractivity contribution in [2.45, 2.75) is 19.1 Å². The molecule has 0 spiro atoms. The highest BCUT2D eigenvalue weighted by molar-refractivity contribution is 8.09. The Morgan fingerprint density at radius 3 is 2.50 bits per heavy atom. The summed E-state index contributed by atoms with van der Waals surface area (Å²) in [5.74, 6) is -1.96. The molecule has 26 heavy (non-hydrogen) atoms. The summed E-state index contributed by atoms with van der Waals surface area (Å²) in [5.41, 5.74) is 0.757. The Hall–Kier alpha value is -2.00. The Morgan fingerprint density at radius 1 is 1.27 bits per heavy atom. The molecule has 1 aromatic rings. The van der Waals surface area contributed by atoms with E-state index >= 15 is 0 Å². The zero-order valence-corrected chi connectivity index (χ0v) is 15.7. The first-order chi connectivity index (χ1) is 12.2. The van der Waals surface area contributed by atoms with E-state index in [9.17, 15) is 19.3 Å². The van der Waals surface area contributed by atoms with E-state index in [0.29, 0.717) is 0 Å². The van der Waals surface area contributed by atoms with Crippen LogP contribution < -0.4 is 5.32 Å². The maximum absolute atomic E-state index is 11.8. The number of hydrogen-bond donors (Lipinski definition) is 3. The van der Waals surface area contributed by atoms with Crippen LogP contribution in [0.15, 0.2) is 30.3 Å². The Balaban J connectivity index is 2.55. The smallest absolute Gasteiger partial charge is 0.408 e. The fourth-order valence-electron chi connectivity index (χ4n) is 1.71.